The molecule has 1 aliphatic heterocycles. The van der Waals surface area contributed by atoms with Crippen LogP contribution >= 0.6 is 27.7 Å². The van der Waals surface area contributed by atoms with E-state index in [9.17, 15) is 0 Å². The zero-order chi connectivity index (χ0) is 8.55. The zero-order valence-electron chi connectivity index (χ0n) is 6.42. The van der Waals surface area contributed by atoms with Gasteiger partial charge in [0.15, 0.2) is 4.60 Å². The molecule has 2 rings (SSSR count). The molecule has 2 heterocycles. The second-order valence-corrected chi connectivity index (χ2v) is 4.81. The number of rotatable bonds is 1. The fourth-order valence-corrected chi connectivity index (χ4v) is 3.43. The molecule has 1 fully saturated rings. The van der Waals surface area contributed by atoms with Gasteiger partial charge in [0.05, 0.1) is 5.56 Å². The molecule has 2 N–H and O–H groups in total. The molecular weight excluding hydrogens is 240 g/mol. The molecule has 1 atom stereocenters. The maximum atomic E-state index is 5.65. The van der Waals surface area contributed by atoms with E-state index < -0.39 is 0 Å². The van der Waals surface area contributed by atoms with E-state index in [1.54, 1.807) is 0 Å². The molecule has 0 bridgehead atoms. The minimum atomic E-state index is 0.460. The molecular formula is C7H9BrN2OS. The average Bonchev–Trinajstić information content (AvgIpc) is 2.61. The van der Waals surface area contributed by atoms with Crippen molar-refractivity contribution in [2.24, 2.45) is 0 Å². The third-order valence-corrected chi connectivity index (χ3v) is 3.93. The Morgan fingerprint density at radius 1 is 1.67 bits per heavy atom. The molecule has 0 aliphatic carbocycles. The number of nitrogen functional groups attached to an aromatic ring is 1. The van der Waals surface area contributed by atoms with Crippen LogP contribution < -0.4 is 5.73 Å². The molecule has 0 spiro atoms. The highest BCUT2D eigenvalue weighted by Gasteiger charge is 2.25. The Morgan fingerprint density at radius 2 is 2.50 bits per heavy atom. The monoisotopic (exact) mass is 248 g/mol. The van der Waals surface area contributed by atoms with E-state index in [1.807, 2.05) is 11.8 Å². The van der Waals surface area contributed by atoms with Crippen molar-refractivity contribution in [3.63, 3.8) is 0 Å². The summed E-state index contributed by atoms with van der Waals surface area (Å²) in [4.78, 5) is 0. The van der Waals surface area contributed by atoms with Crippen molar-refractivity contribution < 1.29 is 4.52 Å². The molecule has 66 valence electrons. The third kappa shape index (κ3) is 1.35. The Bertz CT molecular complexity index is 263. The molecule has 1 aromatic rings. The highest BCUT2D eigenvalue weighted by atomic mass is 79.9. The van der Waals surface area contributed by atoms with Gasteiger partial charge in [0.25, 0.3) is 0 Å². The van der Waals surface area contributed by atoms with Crippen molar-refractivity contribution in [2.75, 3.05) is 11.5 Å². The Hall–Kier alpha value is -0.160. The van der Waals surface area contributed by atoms with Crippen LogP contribution in [-0.2, 0) is 0 Å². The van der Waals surface area contributed by atoms with Crippen LogP contribution in [0.25, 0.3) is 0 Å². The van der Waals surface area contributed by atoms with Gasteiger partial charge in [-0.05, 0) is 34.5 Å². The predicted molar refractivity (Wildman–Crippen MR) is 53.0 cm³/mol. The molecule has 0 saturated carbocycles. The first kappa shape index (κ1) is 8.44. The first-order valence-electron chi connectivity index (χ1n) is 3.81. The Balaban J connectivity index is 2.30. The molecule has 0 amide bonds. The van der Waals surface area contributed by atoms with Gasteiger partial charge in [-0.15, -0.1) is 0 Å². The third-order valence-electron chi connectivity index (χ3n) is 1.96. The fourth-order valence-electron chi connectivity index (χ4n) is 1.39. The van der Waals surface area contributed by atoms with E-state index in [4.69, 9.17) is 10.3 Å². The quantitative estimate of drug-likeness (QED) is 0.831. The van der Waals surface area contributed by atoms with E-state index in [2.05, 4.69) is 21.1 Å². The molecule has 5 heteroatoms. The molecule has 1 unspecified atom stereocenters. The fraction of sp³-hybridized carbons (Fsp3) is 0.571. The molecule has 0 aromatic carbocycles. The van der Waals surface area contributed by atoms with Crippen molar-refractivity contribution in [3.8, 4) is 0 Å². The van der Waals surface area contributed by atoms with Crippen LogP contribution in [0.15, 0.2) is 9.13 Å². The van der Waals surface area contributed by atoms with Crippen molar-refractivity contribution in [1.82, 2.24) is 5.16 Å². The van der Waals surface area contributed by atoms with Crippen LogP contribution in [0, 0.1) is 0 Å². The highest BCUT2D eigenvalue weighted by molar-refractivity contribution is 9.10. The summed E-state index contributed by atoms with van der Waals surface area (Å²) < 4.78 is 5.64. The molecule has 0 radical (unpaired) electrons. The summed E-state index contributed by atoms with van der Waals surface area (Å²) in [6, 6.07) is 0. The number of hydrogen-bond acceptors (Lipinski definition) is 4. The summed E-state index contributed by atoms with van der Waals surface area (Å²) in [5.74, 6) is 1.67. The molecule has 1 saturated heterocycles. The Morgan fingerprint density at radius 3 is 3.00 bits per heavy atom. The lowest BCUT2D eigenvalue weighted by molar-refractivity contribution is 0.431. The average molecular weight is 249 g/mol. The van der Waals surface area contributed by atoms with Gasteiger partial charge in [-0.25, -0.2) is 0 Å². The summed E-state index contributed by atoms with van der Waals surface area (Å²) in [5, 5.41) is 4.24. The smallest absolute Gasteiger partial charge is 0.227 e. The van der Waals surface area contributed by atoms with Crippen LogP contribution in [0.4, 0.5) is 5.88 Å². The van der Waals surface area contributed by atoms with Crippen LogP contribution in [0.3, 0.4) is 0 Å². The predicted octanol–water partition coefficient (Wildman–Crippen LogP) is 2.59. The van der Waals surface area contributed by atoms with Gasteiger partial charge in [-0.3, -0.25) is 0 Å². The van der Waals surface area contributed by atoms with Crippen LogP contribution in [-0.4, -0.2) is 10.9 Å². The largest absolute Gasteiger partial charge is 0.367 e. The summed E-state index contributed by atoms with van der Waals surface area (Å²) >= 11 is 5.25. The zero-order valence-corrected chi connectivity index (χ0v) is 8.82. The Kier molecular flexibility index (Phi) is 2.32. The van der Waals surface area contributed by atoms with Gasteiger partial charge in [0.2, 0.25) is 5.88 Å². The van der Waals surface area contributed by atoms with Gasteiger partial charge < -0.3 is 10.3 Å². The lowest BCUT2D eigenvalue weighted by atomic mass is 10.1. The SMILES string of the molecule is Nc1onc(Br)c1C1CCCS1. The number of thioether (sulfide) groups is 1. The van der Waals surface area contributed by atoms with E-state index in [-0.39, 0.29) is 0 Å². The molecule has 3 nitrogen and oxygen atoms in total. The maximum Gasteiger partial charge on any atom is 0.227 e. The second kappa shape index (κ2) is 3.30. The number of aromatic nitrogens is 1. The van der Waals surface area contributed by atoms with E-state index >= 15 is 0 Å². The topological polar surface area (TPSA) is 52.0 Å². The van der Waals surface area contributed by atoms with Gasteiger partial charge in [-0.2, -0.15) is 11.8 Å². The van der Waals surface area contributed by atoms with Crippen LogP contribution in [0.1, 0.15) is 23.7 Å². The van der Waals surface area contributed by atoms with Crippen molar-refractivity contribution >= 4 is 33.6 Å². The van der Waals surface area contributed by atoms with Crippen LogP contribution in [0.2, 0.25) is 0 Å². The van der Waals surface area contributed by atoms with Gasteiger partial charge in [0.1, 0.15) is 0 Å². The standard InChI is InChI=1S/C7H9BrN2OS/c8-6-5(7(9)11-10-6)4-2-1-3-12-4/h4H,1-3,9H2. The second-order valence-electron chi connectivity index (χ2n) is 2.75. The van der Waals surface area contributed by atoms with Gasteiger partial charge in [-0.1, -0.05) is 5.16 Å². The lowest BCUT2D eigenvalue weighted by Crippen LogP contribution is -1.93. The highest BCUT2D eigenvalue weighted by Crippen LogP contribution is 2.44. The minimum absolute atomic E-state index is 0.460. The first-order valence-corrected chi connectivity index (χ1v) is 5.65. The first-order chi connectivity index (χ1) is 5.79. The number of nitrogens with two attached hydrogens (primary N) is 1. The number of anilines is 1. The van der Waals surface area contributed by atoms with Crippen molar-refractivity contribution in [1.29, 1.82) is 0 Å². The maximum absolute atomic E-state index is 5.65. The normalized spacial score (nSPS) is 23.2. The molecule has 12 heavy (non-hydrogen) atoms. The number of hydrogen-bond donors (Lipinski definition) is 1. The summed E-state index contributed by atoms with van der Waals surface area (Å²) in [7, 11) is 0. The summed E-state index contributed by atoms with van der Waals surface area (Å²) in [5.41, 5.74) is 6.69. The van der Waals surface area contributed by atoms with Crippen LogP contribution in [0.5, 0.6) is 0 Å². The summed E-state index contributed by atoms with van der Waals surface area (Å²) in [6.45, 7) is 0. The minimum Gasteiger partial charge on any atom is -0.367 e. The van der Waals surface area contributed by atoms with E-state index in [0.717, 1.165) is 10.2 Å². The number of halogens is 1. The molecule has 1 aliphatic rings. The Labute approximate surface area is 83.2 Å². The lowest BCUT2D eigenvalue weighted by Gasteiger charge is -2.04. The van der Waals surface area contributed by atoms with Gasteiger partial charge >= 0.3 is 0 Å². The van der Waals surface area contributed by atoms with Crippen molar-refractivity contribution in [3.05, 3.63) is 10.2 Å². The molecule has 1 aromatic heterocycles. The van der Waals surface area contributed by atoms with E-state index in [0.29, 0.717) is 11.1 Å². The van der Waals surface area contributed by atoms with Crippen molar-refractivity contribution in [2.45, 2.75) is 18.1 Å². The van der Waals surface area contributed by atoms with Gasteiger partial charge in [0, 0.05) is 5.25 Å². The summed E-state index contributed by atoms with van der Waals surface area (Å²) in [6.07, 6.45) is 2.43. The van der Waals surface area contributed by atoms with E-state index in [1.165, 1.54) is 18.6 Å². The number of nitrogens with zero attached hydrogens (tertiary/aromatic N) is 1.